The molecule has 2 N–H and O–H groups in total. The third-order valence-electron chi connectivity index (χ3n) is 1.42. The zero-order valence-corrected chi connectivity index (χ0v) is 10.7. The number of likely N-dealkylation sites (N-methyl/N-ethyl adjacent to an activating group) is 1. The number of hydrogen-bond donors (Lipinski definition) is 2. The summed E-state index contributed by atoms with van der Waals surface area (Å²) in [6.07, 6.45) is -0.208. The first-order chi connectivity index (χ1) is 6.66. The molecule has 2 nitrogen and oxygen atoms in total. The predicted molar refractivity (Wildman–Crippen MR) is 68.9 cm³/mol. The third-order valence-corrected chi connectivity index (χ3v) is 1.67. The second kappa shape index (κ2) is 11.8. The normalized spacial score (nSPS) is 10.7. The molecule has 0 aliphatic heterocycles. The smallest absolute Gasteiger partial charge is 0.0636 e. The van der Waals surface area contributed by atoms with Crippen molar-refractivity contribution in [3.8, 4) is 0 Å². The lowest BCUT2D eigenvalue weighted by molar-refractivity contribution is 0.192. The molecule has 4 heteroatoms. The van der Waals surface area contributed by atoms with E-state index in [0.29, 0.717) is 6.54 Å². The molecular weight excluding hydrogens is 233 g/mol. The van der Waals surface area contributed by atoms with Crippen LogP contribution in [0.2, 0.25) is 5.02 Å². The molecule has 0 aromatic heterocycles. The third kappa shape index (κ3) is 13.7. The van der Waals surface area contributed by atoms with Crippen LogP contribution >= 0.6 is 24.0 Å². The van der Waals surface area contributed by atoms with Gasteiger partial charge in [-0.3, -0.25) is 0 Å². The van der Waals surface area contributed by atoms with Gasteiger partial charge in [0.2, 0.25) is 0 Å². The van der Waals surface area contributed by atoms with Crippen molar-refractivity contribution in [2.75, 3.05) is 13.1 Å². The van der Waals surface area contributed by atoms with Crippen LogP contribution in [0.1, 0.15) is 13.8 Å². The Morgan fingerprint density at radius 2 is 1.87 bits per heavy atom. The summed E-state index contributed by atoms with van der Waals surface area (Å²) in [4.78, 5) is 0. The van der Waals surface area contributed by atoms with Gasteiger partial charge in [-0.25, -0.2) is 0 Å². The molecule has 15 heavy (non-hydrogen) atoms. The summed E-state index contributed by atoms with van der Waals surface area (Å²) in [5.74, 6) is 0. The first kappa shape index (κ1) is 17.1. The van der Waals surface area contributed by atoms with Crippen molar-refractivity contribution >= 4 is 24.0 Å². The van der Waals surface area contributed by atoms with E-state index in [1.54, 1.807) is 6.92 Å². The fourth-order valence-corrected chi connectivity index (χ4v) is 0.913. The fourth-order valence-electron chi connectivity index (χ4n) is 0.768. The summed E-state index contributed by atoms with van der Waals surface area (Å²) >= 11 is 5.54. The van der Waals surface area contributed by atoms with Crippen LogP contribution in [0.25, 0.3) is 0 Å². The highest BCUT2D eigenvalue weighted by atomic mass is 35.5. The monoisotopic (exact) mass is 251 g/mol. The summed E-state index contributed by atoms with van der Waals surface area (Å²) in [6.45, 7) is 5.42. The van der Waals surface area contributed by atoms with Crippen LogP contribution in [0.5, 0.6) is 0 Å². The zero-order valence-electron chi connectivity index (χ0n) is 9.11. The van der Waals surface area contributed by atoms with Crippen molar-refractivity contribution in [1.29, 1.82) is 0 Å². The van der Waals surface area contributed by atoms with E-state index in [4.69, 9.17) is 16.7 Å². The number of rotatable bonds is 3. The van der Waals surface area contributed by atoms with Gasteiger partial charge in [0, 0.05) is 11.6 Å². The number of nitrogens with one attached hydrogen (secondary N) is 1. The van der Waals surface area contributed by atoms with Gasteiger partial charge < -0.3 is 10.4 Å². The maximum absolute atomic E-state index is 8.62. The van der Waals surface area contributed by atoms with Crippen molar-refractivity contribution < 1.29 is 5.11 Å². The lowest BCUT2D eigenvalue weighted by Crippen LogP contribution is -2.23. The van der Waals surface area contributed by atoms with E-state index in [2.05, 4.69) is 5.32 Å². The Kier molecular flexibility index (Phi) is 13.5. The average Bonchev–Trinajstić information content (AvgIpc) is 2.17. The van der Waals surface area contributed by atoms with E-state index in [1.165, 1.54) is 0 Å². The van der Waals surface area contributed by atoms with E-state index in [-0.39, 0.29) is 18.5 Å². The summed E-state index contributed by atoms with van der Waals surface area (Å²) < 4.78 is 0. The Bertz CT molecular complexity index is 217. The molecule has 1 aromatic rings. The number of hydrogen-bond acceptors (Lipinski definition) is 2. The van der Waals surface area contributed by atoms with Crippen molar-refractivity contribution in [2.24, 2.45) is 0 Å². The van der Waals surface area contributed by atoms with Gasteiger partial charge in [0.25, 0.3) is 0 Å². The number of aliphatic hydroxyl groups is 1. The van der Waals surface area contributed by atoms with Gasteiger partial charge in [0.15, 0.2) is 0 Å². The second-order valence-corrected chi connectivity index (χ2v) is 3.39. The van der Waals surface area contributed by atoms with E-state index in [9.17, 15) is 0 Å². The highest BCUT2D eigenvalue weighted by molar-refractivity contribution is 6.30. The first-order valence-electron chi connectivity index (χ1n) is 4.76. The molecule has 0 radical (unpaired) electrons. The highest BCUT2D eigenvalue weighted by Crippen LogP contribution is 2.03. The molecule has 0 amide bonds. The van der Waals surface area contributed by atoms with Crippen LogP contribution in [0.3, 0.4) is 0 Å². The van der Waals surface area contributed by atoms with Crippen molar-refractivity contribution in [3.63, 3.8) is 0 Å². The van der Waals surface area contributed by atoms with E-state index >= 15 is 0 Å². The van der Waals surface area contributed by atoms with Crippen LogP contribution in [-0.2, 0) is 0 Å². The minimum Gasteiger partial charge on any atom is -0.392 e. The van der Waals surface area contributed by atoms with E-state index < -0.39 is 0 Å². The topological polar surface area (TPSA) is 32.3 Å². The maximum atomic E-state index is 8.62. The Morgan fingerprint density at radius 1 is 1.33 bits per heavy atom. The maximum Gasteiger partial charge on any atom is 0.0636 e. The Labute approximate surface area is 103 Å². The molecule has 0 spiro atoms. The van der Waals surface area contributed by atoms with Crippen LogP contribution in [0, 0.1) is 0 Å². The number of aliphatic hydroxyl groups excluding tert-OH is 1. The van der Waals surface area contributed by atoms with Crippen molar-refractivity contribution in [2.45, 2.75) is 20.0 Å². The summed E-state index contributed by atoms with van der Waals surface area (Å²) in [7, 11) is 0. The van der Waals surface area contributed by atoms with Crippen molar-refractivity contribution in [1.82, 2.24) is 5.32 Å². The van der Waals surface area contributed by atoms with Gasteiger partial charge in [-0.05, 0) is 25.6 Å². The molecule has 1 aromatic carbocycles. The van der Waals surface area contributed by atoms with E-state index in [1.807, 2.05) is 37.3 Å². The molecule has 0 fully saturated rings. The molecule has 88 valence electrons. The largest absolute Gasteiger partial charge is 0.392 e. The Balaban J connectivity index is 0. The van der Waals surface area contributed by atoms with Gasteiger partial charge in [-0.15, -0.1) is 12.4 Å². The summed E-state index contributed by atoms with van der Waals surface area (Å²) in [6, 6.07) is 9.44. The SMILES string of the molecule is CCNCC(C)O.Cl.Clc1ccccc1. The van der Waals surface area contributed by atoms with Crippen LogP contribution < -0.4 is 5.32 Å². The molecule has 0 aliphatic rings. The van der Waals surface area contributed by atoms with Crippen molar-refractivity contribution in [3.05, 3.63) is 35.4 Å². The standard InChI is InChI=1S/C6H5Cl.C5H13NO.ClH/c7-6-4-2-1-3-5-6;1-3-6-4-5(2)7;/h1-5H;5-7H,3-4H2,1-2H3;1H. The van der Waals surface area contributed by atoms with E-state index in [0.717, 1.165) is 11.6 Å². The zero-order chi connectivity index (χ0) is 10.8. The van der Waals surface area contributed by atoms with Crippen LogP contribution in [-0.4, -0.2) is 24.3 Å². The minimum absolute atomic E-state index is 0. The van der Waals surface area contributed by atoms with Gasteiger partial charge in [0.1, 0.15) is 0 Å². The lowest BCUT2D eigenvalue weighted by atomic mass is 10.4. The molecule has 0 saturated carbocycles. The fraction of sp³-hybridized carbons (Fsp3) is 0.455. The number of benzene rings is 1. The highest BCUT2D eigenvalue weighted by Gasteiger charge is 1.88. The molecule has 0 heterocycles. The van der Waals surface area contributed by atoms with Gasteiger partial charge in [-0.2, -0.15) is 0 Å². The molecule has 1 atom stereocenters. The average molecular weight is 252 g/mol. The van der Waals surface area contributed by atoms with Crippen LogP contribution in [0.4, 0.5) is 0 Å². The lowest BCUT2D eigenvalue weighted by Gasteiger charge is -2.01. The molecule has 0 saturated heterocycles. The molecule has 0 bridgehead atoms. The van der Waals surface area contributed by atoms with Gasteiger partial charge in [-0.1, -0.05) is 36.7 Å². The molecule has 0 aliphatic carbocycles. The summed E-state index contributed by atoms with van der Waals surface area (Å²) in [5.41, 5.74) is 0. The minimum atomic E-state index is -0.208. The number of halogens is 2. The first-order valence-corrected chi connectivity index (χ1v) is 5.14. The van der Waals surface area contributed by atoms with Gasteiger partial charge in [0.05, 0.1) is 6.10 Å². The Hall–Kier alpha value is -0.280. The molecule has 1 rings (SSSR count). The predicted octanol–water partition coefficient (Wildman–Crippen LogP) is 2.74. The second-order valence-electron chi connectivity index (χ2n) is 2.95. The van der Waals surface area contributed by atoms with Gasteiger partial charge >= 0.3 is 0 Å². The summed E-state index contributed by atoms with van der Waals surface area (Å²) in [5, 5.41) is 12.4. The quantitative estimate of drug-likeness (QED) is 0.866. The molecular formula is C11H19Cl2NO. The Morgan fingerprint density at radius 3 is 2.07 bits per heavy atom. The molecule has 1 unspecified atom stereocenters. The van der Waals surface area contributed by atoms with Crippen LogP contribution in [0.15, 0.2) is 30.3 Å².